The van der Waals surface area contributed by atoms with E-state index >= 15 is 0 Å². The van der Waals surface area contributed by atoms with E-state index in [0.29, 0.717) is 53.4 Å². The second kappa shape index (κ2) is 7.62. The van der Waals surface area contributed by atoms with Crippen molar-refractivity contribution in [3.8, 4) is 0 Å². The minimum absolute atomic E-state index is 0.0898. The van der Waals surface area contributed by atoms with Crippen molar-refractivity contribution in [2.75, 3.05) is 25.2 Å². The van der Waals surface area contributed by atoms with Gasteiger partial charge in [-0.25, -0.2) is 4.98 Å². The van der Waals surface area contributed by atoms with Crippen molar-refractivity contribution in [3.05, 3.63) is 57.0 Å². The number of nitrogens with zero attached hydrogens (tertiary/aromatic N) is 6. The van der Waals surface area contributed by atoms with E-state index in [1.807, 2.05) is 23.1 Å². The highest BCUT2D eigenvalue weighted by molar-refractivity contribution is 5.77. The van der Waals surface area contributed by atoms with Gasteiger partial charge >= 0.3 is 0 Å². The minimum Gasteiger partial charge on any atom is -0.383 e. The van der Waals surface area contributed by atoms with Crippen molar-refractivity contribution in [1.82, 2.24) is 29.3 Å². The fraction of sp³-hybridized carbons (Fsp3) is 0.381. The first kappa shape index (κ1) is 19.4. The van der Waals surface area contributed by atoms with Gasteiger partial charge in [-0.05, 0) is 25.0 Å². The lowest BCUT2D eigenvalue weighted by Gasteiger charge is -2.27. The third-order valence-electron chi connectivity index (χ3n) is 5.82. The van der Waals surface area contributed by atoms with E-state index < -0.39 is 0 Å². The lowest BCUT2D eigenvalue weighted by atomic mass is 10.1. The molecule has 1 fully saturated rings. The largest absolute Gasteiger partial charge is 0.383 e. The number of fused-ring (bicyclic) bond motifs is 2. The summed E-state index contributed by atoms with van der Waals surface area (Å²) in [6.07, 6.45) is 3.20. The molecule has 1 N–H and O–H groups in total. The Morgan fingerprint density at radius 3 is 2.87 bits per heavy atom. The average Bonchev–Trinajstić information content (AvgIpc) is 3.40. The summed E-state index contributed by atoms with van der Waals surface area (Å²) in [7, 11) is 3.37. The molecule has 1 aliphatic heterocycles. The van der Waals surface area contributed by atoms with Crippen LogP contribution in [0, 0.1) is 0 Å². The summed E-state index contributed by atoms with van der Waals surface area (Å²) in [5.41, 5.74) is 0.856. The molecule has 0 amide bonds. The Kier molecular flexibility index (Phi) is 4.78. The average molecular weight is 421 g/mol. The normalized spacial score (nSPS) is 16.6. The summed E-state index contributed by atoms with van der Waals surface area (Å²) >= 11 is 0. The number of rotatable bonds is 5. The molecule has 0 saturated carbocycles. The molecule has 31 heavy (non-hydrogen) atoms. The molecular weight excluding hydrogens is 398 g/mol. The number of anilines is 1. The number of nitrogens with one attached hydrogen (secondary N) is 1. The third kappa shape index (κ3) is 3.19. The number of benzene rings is 1. The Bertz CT molecular complexity index is 1390. The Morgan fingerprint density at radius 2 is 2.03 bits per heavy atom. The van der Waals surface area contributed by atoms with Crippen LogP contribution in [-0.4, -0.2) is 49.6 Å². The molecule has 5 rings (SSSR count). The van der Waals surface area contributed by atoms with Crippen molar-refractivity contribution in [2.45, 2.75) is 25.4 Å². The molecule has 1 atom stereocenters. The minimum atomic E-state index is -0.234. The van der Waals surface area contributed by atoms with E-state index in [1.165, 1.54) is 6.20 Å². The summed E-state index contributed by atoms with van der Waals surface area (Å²) in [5, 5.41) is 5.16. The number of aromatic amines is 1. The highest BCUT2D eigenvalue weighted by atomic mass is 16.5. The van der Waals surface area contributed by atoms with Gasteiger partial charge in [0.25, 0.3) is 11.1 Å². The van der Waals surface area contributed by atoms with Gasteiger partial charge in [0.2, 0.25) is 5.95 Å². The monoisotopic (exact) mass is 421 g/mol. The van der Waals surface area contributed by atoms with E-state index in [2.05, 4.69) is 15.1 Å². The van der Waals surface area contributed by atoms with E-state index in [1.54, 1.807) is 29.5 Å². The molecular formula is C21H23N7O3. The van der Waals surface area contributed by atoms with Crippen molar-refractivity contribution < 1.29 is 4.74 Å². The van der Waals surface area contributed by atoms with Gasteiger partial charge in [0.1, 0.15) is 11.2 Å². The first-order valence-electron chi connectivity index (χ1n) is 10.3. The predicted molar refractivity (Wildman–Crippen MR) is 116 cm³/mol. The summed E-state index contributed by atoms with van der Waals surface area (Å²) in [5.74, 6) is 1.12. The summed E-state index contributed by atoms with van der Waals surface area (Å²) in [4.78, 5) is 40.3. The fourth-order valence-electron chi connectivity index (χ4n) is 4.28. The second-order valence-electron chi connectivity index (χ2n) is 7.68. The third-order valence-corrected chi connectivity index (χ3v) is 5.82. The zero-order chi connectivity index (χ0) is 21.5. The van der Waals surface area contributed by atoms with Crippen LogP contribution in [0.3, 0.4) is 0 Å². The maximum Gasteiger partial charge on any atom is 0.263 e. The standard InChI is InChI=1S/C21H23N7O3/c1-26-17-14(12-22-26)19(29)25-21(24-17)27-9-5-8-16(27)18-23-15-7-4-3-6-13(15)20(30)28(18)10-11-31-2/h3-4,6-7,12,16H,5,8-11H2,1-2H3,(H,24,25,29). The smallest absolute Gasteiger partial charge is 0.263 e. The van der Waals surface area contributed by atoms with E-state index in [4.69, 9.17) is 9.72 Å². The van der Waals surface area contributed by atoms with Crippen LogP contribution in [0.15, 0.2) is 40.1 Å². The first-order chi connectivity index (χ1) is 15.1. The van der Waals surface area contributed by atoms with Gasteiger partial charge in [0, 0.05) is 20.7 Å². The maximum atomic E-state index is 13.3. The topological polar surface area (TPSA) is 111 Å². The number of methoxy groups -OCH3 is 1. The number of aromatic nitrogens is 6. The molecule has 1 aromatic carbocycles. The Balaban J connectivity index is 1.66. The van der Waals surface area contributed by atoms with Gasteiger partial charge in [-0.2, -0.15) is 10.1 Å². The molecule has 3 aromatic heterocycles. The molecule has 10 nitrogen and oxygen atoms in total. The van der Waals surface area contributed by atoms with Crippen LogP contribution >= 0.6 is 0 Å². The number of aryl methyl sites for hydroxylation is 1. The molecule has 0 spiro atoms. The number of hydrogen-bond acceptors (Lipinski definition) is 7. The summed E-state index contributed by atoms with van der Waals surface area (Å²) in [6.45, 7) is 1.50. The highest BCUT2D eigenvalue weighted by Crippen LogP contribution is 2.33. The van der Waals surface area contributed by atoms with Crippen LogP contribution in [0.2, 0.25) is 0 Å². The van der Waals surface area contributed by atoms with Crippen molar-refractivity contribution >= 4 is 27.9 Å². The molecule has 160 valence electrons. The Morgan fingerprint density at radius 1 is 1.19 bits per heavy atom. The van der Waals surface area contributed by atoms with Crippen LogP contribution in [0.1, 0.15) is 24.7 Å². The van der Waals surface area contributed by atoms with Crippen LogP contribution in [0.4, 0.5) is 5.95 Å². The predicted octanol–water partition coefficient (Wildman–Crippen LogP) is 1.35. The van der Waals surface area contributed by atoms with Gasteiger partial charge in [0.05, 0.1) is 36.3 Å². The summed E-state index contributed by atoms with van der Waals surface area (Å²) < 4.78 is 8.51. The molecule has 10 heteroatoms. The lowest BCUT2D eigenvalue weighted by molar-refractivity contribution is 0.184. The summed E-state index contributed by atoms with van der Waals surface area (Å²) in [6, 6.07) is 7.16. The quantitative estimate of drug-likeness (QED) is 0.518. The molecule has 0 bridgehead atoms. The van der Waals surface area contributed by atoms with Gasteiger partial charge in [-0.15, -0.1) is 0 Å². The number of H-pyrrole nitrogens is 1. The molecule has 0 aliphatic carbocycles. The zero-order valence-electron chi connectivity index (χ0n) is 17.4. The SMILES string of the molecule is COCCn1c(C2CCCN2c2nc3c(cnn3C)c(=O)[nH]2)nc2ccccc2c1=O. The highest BCUT2D eigenvalue weighted by Gasteiger charge is 2.32. The fourth-order valence-corrected chi connectivity index (χ4v) is 4.28. The van der Waals surface area contributed by atoms with Gasteiger partial charge < -0.3 is 9.64 Å². The molecule has 0 radical (unpaired) electrons. The van der Waals surface area contributed by atoms with Crippen LogP contribution in [0.5, 0.6) is 0 Å². The van der Waals surface area contributed by atoms with Gasteiger partial charge in [-0.3, -0.25) is 23.8 Å². The molecule has 4 aromatic rings. The van der Waals surface area contributed by atoms with Crippen LogP contribution < -0.4 is 16.0 Å². The van der Waals surface area contributed by atoms with Crippen LogP contribution in [-0.2, 0) is 18.3 Å². The maximum absolute atomic E-state index is 13.3. The van der Waals surface area contributed by atoms with Crippen molar-refractivity contribution in [1.29, 1.82) is 0 Å². The molecule has 1 saturated heterocycles. The number of hydrogen-bond donors (Lipinski definition) is 1. The number of ether oxygens (including phenoxy) is 1. The van der Waals surface area contributed by atoms with Gasteiger partial charge in [0.15, 0.2) is 5.65 Å². The second-order valence-corrected chi connectivity index (χ2v) is 7.68. The Labute approximate surface area is 177 Å². The van der Waals surface area contributed by atoms with Crippen molar-refractivity contribution in [2.24, 2.45) is 7.05 Å². The molecule has 1 aliphatic rings. The molecule has 4 heterocycles. The molecule has 1 unspecified atom stereocenters. The van der Waals surface area contributed by atoms with Gasteiger partial charge in [-0.1, -0.05) is 12.1 Å². The number of para-hydroxylation sites is 1. The lowest BCUT2D eigenvalue weighted by Crippen LogP contribution is -2.34. The first-order valence-corrected chi connectivity index (χ1v) is 10.3. The van der Waals surface area contributed by atoms with Crippen LogP contribution in [0.25, 0.3) is 21.9 Å². The van der Waals surface area contributed by atoms with E-state index in [0.717, 1.165) is 12.8 Å². The van der Waals surface area contributed by atoms with E-state index in [9.17, 15) is 9.59 Å². The van der Waals surface area contributed by atoms with E-state index in [-0.39, 0.29) is 17.2 Å². The van der Waals surface area contributed by atoms with Crippen molar-refractivity contribution in [3.63, 3.8) is 0 Å². The zero-order valence-corrected chi connectivity index (χ0v) is 17.4. The Hall–Kier alpha value is -3.53.